The van der Waals surface area contributed by atoms with Crippen LogP contribution in [0.4, 0.5) is 0 Å². The maximum Gasteiger partial charge on any atom is 0.333 e. The van der Waals surface area contributed by atoms with Crippen molar-refractivity contribution in [3.05, 3.63) is 30.1 Å². The van der Waals surface area contributed by atoms with Gasteiger partial charge in [0, 0.05) is 30.9 Å². The Morgan fingerprint density at radius 3 is 2.83 bits per heavy atom. The summed E-state index contributed by atoms with van der Waals surface area (Å²) >= 11 is 0. The summed E-state index contributed by atoms with van der Waals surface area (Å²) in [5, 5.41) is 18.9. The summed E-state index contributed by atoms with van der Waals surface area (Å²) in [6.07, 6.45) is 2.88. The van der Waals surface area contributed by atoms with Crippen LogP contribution in [0.5, 0.6) is 0 Å². The molecule has 2 heterocycles. The molecule has 3 atom stereocenters. The molecule has 0 aromatic carbocycles. The lowest BCUT2D eigenvalue weighted by atomic mass is 9.94. The topological polar surface area (TPSA) is 90.7 Å². The molecule has 0 aliphatic carbocycles. The Balaban J connectivity index is 2.04. The number of hydrogen-bond acceptors (Lipinski definition) is 4. The molecule has 1 fully saturated rings. The van der Waals surface area contributed by atoms with Gasteiger partial charge in [-0.1, -0.05) is 25.8 Å². The highest BCUT2D eigenvalue weighted by Gasteiger charge is 2.37. The van der Waals surface area contributed by atoms with Crippen molar-refractivity contribution in [2.24, 2.45) is 5.92 Å². The molecule has 1 amide bonds. The molecular weight excluding hydrogens is 296 g/mol. The van der Waals surface area contributed by atoms with Gasteiger partial charge in [0.2, 0.25) is 5.91 Å². The molecule has 1 aliphatic heterocycles. The van der Waals surface area contributed by atoms with Gasteiger partial charge in [-0.3, -0.25) is 9.78 Å². The summed E-state index contributed by atoms with van der Waals surface area (Å²) in [5.74, 6) is -2.28. The molecule has 6 heteroatoms. The number of aliphatic hydroxyl groups is 1. The Kier molecular flexibility index (Phi) is 6.10. The number of rotatable bonds is 7. The van der Waals surface area contributed by atoms with Crippen LogP contribution in [0.15, 0.2) is 24.4 Å². The highest BCUT2D eigenvalue weighted by atomic mass is 16.4. The summed E-state index contributed by atoms with van der Waals surface area (Å²) in [6.45, 7) is 3.08. The minimum atomic E-state index is -1.64. The number of unbranched alkanes of at least 4 members (excludes halogenated alkanes) is 1. The molecule has 1 aromatic heterocycles. The lowest BCUT2D eigenvalue weighted by molar-refractivity contribution is -0.156. The molecule has 126 valence electrons. The number of amides is 1. The fraction of sp³-hybridized carbons (Fsp3) is 0.588. The lowest BCUT2D eigenvalue weighted by Crippen LogP contribution is -2.43. The Morgan fingerprint density at radius 2 is 2.22 bits per heavy atom. The average molecular weight is 320 g/mol. The third-order valence-electron chi connectivity index (χ3n) is 4.43. The number of carbonyl (C=O) groups is 2. The van der Waals surface area contributed by atoms with E-state index in [0.29, 0.717) is 19.5 Å². The van der Waals surface area contributed by atoms with Crippen molar-refractivity contribution in [3.8, 4) is 0 Å². The summed E-state index contributed by atoms with van der Waals surface area (Å²) in [4.78, 5) is 29.7. The Bertz CT molecular complexity index is 535. The molecule has 1 saturated heterocycles. The van der Waals surface area contributed by atoms with Gasteiger partial charge in [-0.25, -0.2) is 4.79 Å². The van der Waals surface area contributed by atoms with Crippen molar-refractivity contribution in [3.63, 3.8) is 0 Å². The van der Waals surface area contributed by atoms with Crippen LogP contribution in [-0.2, 0) is 9.59 Å². The predicted molar refractivity (Wildman–Crippen MR) is 84.8 cm³/mol. The van der Waals surface area contributed by atoms with Gasteiger partial charge in [-0.05, 0) is 25.0 Å². The number of hydrogen-bond donors (Lipinski definition) is 2. The zero-order valence-electron chi connectivity index (χ0n) is 13.4. The second-order valence-electron chi connectivity index (χ2n) is 6.06. The van der Waals surface area contributed by atoms with Crippen LogP contribution < -0.4 is 0 Å². The van der Waals surface area contributed by atoms with E-state index in [9.17, 15) is 14.7 Å². The number of pyridine rings is 1. The average Bonchev–Trinajstić information content (AvgIpc) is 3.05. The van der Waals surface area contributed by atoms with Crippen LogP contribution in [0, 0.1) is 5.92 Å². The number of nitrogens with zero attached hydrogens (tertiary/aromatic N) is 2. The molecule has 0 spiro atoms. The van der Waals surface area contributed by atoms with Crippen molar-refractivity contribution in [1.29, 1.82) is 0 Å². The predicted octanol–water partition coefficient (Wildman–Crippen LogP) is 1.65. The Morgan fingerprint density at radius 1 is 1.43 bits per heavy atom. The Hall–Kier alpha value is -1.95. The van der Waals surface area contributed by atoms with E-state index in [1.165, 1.54) is 0 Å². The number of aromatic nitrogens is 1. The van der Waals surface area contributed by atoms with Crippen LogP contribution in [0.2, 0.25) is 0 Å². The van der Waals surface area contributed by atoms with Gasteiger partial charge in [-0.15, -0.1) is 0 Å². The zero-order chi connectivity index (χ0) is 16.8. The molecular formula is C17H24N2O4. The van der Waals surface area contributed by atoms with Crippen LogP contribution >= 0.6 is 0 Å². The first-order valence-electron chi connectivity index (χ1n) is 8.15. The molecule has 23 heavy (non-hydrogen) atoms. The second-order valence-corrected chi connectivity index (χ2v) is 6.06. The molecule has 1 aliphatic rings. The maximum absolute atomic E-state index is 12.7. The van der Waals surface area contributed by atoms with Crippen molar-refractivity contribution in [2.45, 2.75) is 44.6 Å². The van der Waals surface area contributed by atoms with Crippen molar-refractivity contribution in [1.82, 2.24) is 9.88 Å². The summed E-state index contributed by atoms with van der Waals surface area (Å²) in [5.41, 5.74) is 0.951. The minimum Gasteiger partial charge on any atom is -0.479 e. The largest absolute Gasteiger partial charge is 0.479 e. The van der Waals surface area contributed by atoms with Crippen LogP contribution in [0.1, 0.15) is 44.2 Å². The summed E-state index contributed by atoms with van der Waals surface area (Å²) < 4.78 is 0. The van der Waals surface area contributed by atoms with Gasteiger partial charge >= 0.3 is 5.97 Å². The number of aliphatic carboxylic acids is 1. The highest BCUT2D eigenvalue weighted by molar-refractivity contribution is 5.86. The van der Waals surface area contributed by atoms with Crippen molar-refractivity contribution >= 4 is 11.9 Å². The fourth-order valence-electron chi connectivity index (χ4n) is 3.07. The van der Waals surface area contributed by atoms with Gasteiger partial charge in [-0.2, -0.15) is 0 Å². The van der Waals surface area contributed by atoms with Gasteiger partial charge in [0.25, 0.3) is 0 Å². The van der Waals surface area contributed by atoms with Crippen LogP contribution in [-0.4, -0.2) is 51.2 Å². The molecule has 0 radical (unpaired) electrons. The molecule has 0 bridgehead atoms. The molecule has 1 aromatic rings. The van der Waals surface area contributed by atoms with Crippen molar-refractivity contribution < 1.29 is 19.8 Å². The second kappa shape index (κ2) is 8.06. The SMILES string of the molecule is CCCC[C@@H](C(=O)N1CCC(c2ccccn2)C1)[C@H](O)C(=O)O. The van der Waals surface area contributed by atoms with Crippen molar-refractivity contribution in [2.75, 3.05) is 13.1 Å². The molecule has 1 unspecified atom stereocenters. The summed E-state index contributed by atoms with van der Waals surface area (Å²) in [6, 6.07) is 5.72. The first kappa shape index (κ1) is 17.4. The smallest absolute Gasteiger partial charge is 0.333 e. The quantitative estimate of drug-likeness (QED) is 0.797. The van der Waals surface area contributed by atoms with E-state index in [2.05, 4.69) is 4.98 Å². The third-order valence-corrected chi connectivity index (χ3v) is 4.43. The fourth-order valence-corrected chi connectivity index (χ4v) is 3.07. The van der Waals surface area contributed by atoms with E-state index in [1.54, 1.807) is 11.1 Å². The molecule has 2 rings (SSSR count). The first-order chi connectivity index (χ1) is 11.0. The van der Waals surface area contributed by atoms with E-state index in [1.807, 2.05) is 25.1 Å². The van der Waals surface area contributed by atoms with Gasteiger partial charge in [0.15, 0.2) is 6.10 Å². The van der Waals surface area contributed by atoms with Gasteiger partial charge in [0.05, 0.1) is 5.92 Å². The van der Waals surface area contributed by atoms with Gasteiger partial charge in [0.1, 0.15) is 0 Å². The van der Waals surface area contributed by atoms with Crippen LogP contribution in [0.25, 0.3) is 0 Å². The van der Waals surface area contributed by atoms with E-state index >= 15 is 0 Å². The maximum atomic E-state index is 12.7. The monoisotopic (exact) mass is 320 g/mol. The number of likely N-dealkylation sites (tertiary alicyclic amines) is 1. The highest BCUT2D eigenvalue weighted by Crippen LogP contribution is 2.28. The minimum absolute atomic E-state index is 0.175. The first-order valence-corrected chi connectivity index (χ1v) is 8.15. The van der Waals surface area contributed by atoms with E-state index in [-0.39, 0.29) is 11.8 Å². The molecule has 6 nitrogen and oxygen atoms in total. The lowest BCUT2D eigenvalue weighted by Gasteiger charge is -2.25. The standard InChI is InChI=1S/C17H24N2O4/c1-2-3-6-13(15(20)17(22)23)16(21)19-10-8-12(11-19)14-7-4-5-9-18-14/h4-5,7,9,12-13,15,20H,2-3,6,8,10-11H2,1H3,(H,22,23)/t12?,13-,15+/m1/s1. The number of aliphatic hydroxyl groups excluding tert-OH is 1. The zero-order valence-corrected chi connectivity index (χ0v) is 13.4. The van der Waals surface area contributed by atoms with E-state index in [0.717, 1.165) is 25.0 Å². The number of carbonyl (C=O) groups excluding carboxylic acids is 1. The third kappa shape index (κ3) is 4.28. The van der Waals surface area contributed by atoms with E-state index in [4.69, 9.17) is 5.11 Å². The Labute approximate surface area is 136 Å². The van der Waals surface area contributed by atoms with Crippen LogP contribution in [0.3, 0.4) is 0 Å². The summed E-state index contributed by atoms with van der Waals surface area (Å²) in [7, 11) is 0. The number of carboxylic acids is 1. The molecule has 0 saturated carbocycles. The number of carboxylic acid groups (broad SMARTS) is 1. The molecule has 2 N–H and O–H groups in total. The van der Waals surface area contributed by atoms with Gasteiger partial charge < -0.3 is 15.1 Å². The normalized spacial score (nSPS) is 20.3. The van der Waals surface area contributed by atoms with E-state index < -0.39 is 18.0 Å².